The summed E-state index contributed by atoms with van der Waals surface area (Å²) in [5, 5.41) is 13.7. The average Bonchev–Trinajstić information content (AvgIpc) is 3.00. The van der Waals surface area contributed by atoms with Gasteiger partial charge in [-0.15, -0.1) is 5.10 Å². The zero-order valence-corrected chi connectivity index (χ0v) is 9.82. The minimum Gasteiger partial charge on any atom is -0.229 e. The van der Waals surface area contributed by atoms with E-state index >= 15 is 0 Å². The van der Waals surface area contributed by atoms with E-state index in [0.29, 0.717) is 11.2 Å². The fourth-order valence-corrected chi connectivity index (χ4v) is 2.39. The maximum atomic E-state index is 5.82. The van der Waals surface area contributed by atoms with Crippen molar-refractivity contribution in [2.24, 2.45) is 0 Å². The summed E-state index contributed by atoms with van der Waals surface area (Å²) in [4.78, 5) is 4.19. The number of nitrogens with zero attached hydrogens (tertiary/aromatic N) is 5. The molecule has 0 atom stereocenters. The molecular formula is C9H8ClN5S. The van der Waals surface area contributed by atoms with Gasteiger partial charge in [-0.1, -0.05) is 17.7 Å². The van der Waals surface area contributed by atoms with Gasteiger partial charge in [-0.25, -0.2) is 9.67 Å². The van der Waals surface area contributed by atoms with Gasteiger partial charge >= 0.3 is 0 Å². The molecule has 0 amide bonds. The van der Waals surface area contributed by atoms with Crippen molar-refractivity contribution in [3.63, 3.8) is 0 Å². The van der Waals surface area contributed by atoms with Gasteiger partial charge in [0.25, 0.3) is 0 Å². The molecule has 1 aliphatic carbocycles. The van der Waals surface area contributed by atoms with Crippen LogP contribution in [0.2, 0.25) is 5.15 Å². The van der Waals surface area contributed by atoms with Gasteiger partial charge in [0, 0.05) is 0 Å². The van der Waals surface area contributed by atoms with Gasteiger partial charge in [0.15, 0.2) is 0 Å². The first-order chi connectivity index (χ1) is 7.83. The molecule has 0 N–H and O–H groups in total. The minimum absolute atomic E-state index is 0.469. The van der Waals surface area contributed by atoms with Crippen molar-refractivity contribution < 1.29 is 0 Å². The Hall–Kier alpha value is -1.14. The van der Waals surface area contributed by atoms with E-state index in [4.69, 9.17) is 11.6 Å². The summed E-state index contributed by atoms with van der Waals surface area (Å²) < 4.78 is 1.85. The van der Waals surface area contributed by atoms with Crippen LogP contribution in [0.25, 0.3) is 0 Å². The highest BCUT2D eigenvalue weighted by Gasteiger charge is 2.28. The molecule has 0 spiro atoms. The maximum Gasteiger partial charge on any atom is 0.215 e. The average molecular weight is 254 g/mol. The highest BCUT2D eigenvalue weighted by atomic mass is 35.5. The highest BCUT2D eigenvalue weighted by molar-refractivity contribution is 7.99. The number of tetrazole rings is 1. The van der Waals surface area contributed by atoms with Crippen LogP contribution in [0.5, 0.6) is 0 Å². The lowest BCUT2D eigenvalue weighted by molar-refractivity contribution is 0.565. The monoisotopic (exact) mass is 253 g/mol. The van der Waals surface area contributed by atoms with E-state index < -0.39 is 0 Å². The molecule has 0 saturated heterocycles. The van der Waals surface area contributed by atoms with Crippen LogP contribution in [0, 0.1) is 0 Å². The molecule has 1 saturated carbocycles. The Labute approximate surface area is 101 Å². The first kappa shape index (κ1) is 10.0. The Balaban J connectivity index is 1.85. The lowest BCUT2D eigenvalue weighted by Crippen LogP contribution is -1.98. The zero-order valence-electron chi connectivity index (χ0n) is 8.25. The summed E-state index contributed by atoms with van der Waals surface area (Å²) in [6.45, 7) is 0. The first-order valence-corrected chi connectivity index (χ1v) is 6.10. The Kier molecular flexibility index (Phi) is 2.53. The Bertz CT molecular complexity index is 510. The van der Waals surface area contributed by atoms with E-state index in [0.717, 1.165) is 23.0 Å². The molecule has 2 aromatic rings. The molecule has 16 heavy (non-hydrogen) atoms. The molecule has 0 aromatic carbocycles. The molecule has 0 radical (unpaired) electrons. The third-order valence-corrected chi connectivity index (χ3v) is 3.34. The number of hydrogen-bond acceptors (Lipinski definition) is 5. The predicted octanol–water partition coefficient (Wildman–Crippen LogP) is 2.21. The van der Waals surface area contributed by atoms with Crippen LogP contribution in [0.3, 0.4) is 0 Å². The Morgan fingerprint density at radius 1 is 1.38 bits per heavy atom. The third-order valence-electron chi connectivity index (χ3n) is 2.24. The Morgan fingerprint density at radius 2 is 2.25 bits per heavy atom. The van der Waals surface area contributed by atoms with E-state index in [2.05, 4.69) is 20.5 Å². The maximum absolute atomic E-state index is 5.82. The molecule has 2 heterocycles. The highest BCUT2D eigenvalue weighted by Crippen LogP contribution is 2.37. The summed E-state index contributed by atoms with van der Waals surface area (Å²) >= 11 is 7.25. The van der Waals surface area contributed by atoms with Gasteiger partial charge in [-0.05, 0) is 47.2 Å². The Morgan fingerprint density at radius 3 is 3.00 bits per heavy atom. The van der Waals surface area contributed by atoms with E-state index in [1.54, 1.807) is 6.07 Å². The van der Waals surface area contributed by atoms with Crippen molar-refractivity contribution in [2.75, 3.05) is 0 Å². The van der Waals surface area contributed by atoms with Crippen LogP contribution in [0.1, 0.15) is 18.9 Å². The van der Waals surface area contributed by atoms with Crippen molar-refractivity contribution in [3.05, 3.63) is 23.4 Å². The summed E-state index contributed by atoms with van der Waals surface area (Å²) in [5.74, 6) is 0. The third kappa shape index (κ3) is 2.03. The van der Waals surface area contributed by atoms with E-state index in [1.165, 1.54) is 11.8 Å². The fourth-order valence-electron chi connectivity index (χ4n) is 1.34. The number of rotatable bonds is 3. The van der Waals surface area contributed by atoms with Gasteiger partial charge in [-0.3, -0.25) is 0 Å². The summed E-state index contributed by atoms with van der Waals surface area (Å²) in [6.07, 6.45) is 2.31. The normalized spacial score (nSPS) is 15.3. The quantitative estimate of drug-likeness (QED) is 0.785. The molecule has 2 aromatic heterocycles. The number of aromatic nitrogens is 5. The number of hydrogen-bond donors (Lipinski definition) is 0. The summed E-state index contributed by atoms with van der Waals surface area (Å²) in [6, 6.07) is 5.97. The summed E-state index contributed by atoms with van der Waals surface area (Å²) in [7, 11) is 0. The van der Waals surface area contributed by atoms with Gasteiger partial charge in [-0.2, -0.15) is 0 Å². The summed E-state index contributed by atoms with van der Waals surface area (Å²) in [5.41, 5.74) is 0. The standard InChI is InChI=1S/C9H8ClN5S/c10-7-2-1-3-8(11-7)16-9-12-13-14-15(9)6-4-5-6/h1-3,6H,4-5H2. The minimum atomic E-state index is 0.469. The second-order valence-corrected chi connectivity index (χ2v) is 4.91. The van der Waals surface area contributed by atoms with Crippen LogP contribution in [-0.4, -0.2) is 25.2 Å². The van der Waals surface area contributed by atoms with Crippen LogP contribution in [0.15, 0.2) is 28.4 Å². The number of pyridine rings is 1. The molecule has 1 aliphatic rings. The van der Waals surface area contributed by atoms with Crippen molar-refractivity contribution >= 4 is 23.4 Å². The molecule has 1 fully saturated rings. The second kappa shape index (κ2) is 4.03. The van der Waals surface area contributed by atoms with Crippen molar-refractivity contribution in [1.82, 2.24) is 25.2 Å². The largest absolute Gasteiger partial charge is 0.229 e. The van der Waals surface area contributed by atoms with Gasteiger partial charge in [0.05, 0.1) is 6.04 Å². The van der Waals surface area contributed by atoms with Gasteiger partial charge < -0.3 is 0 Å². The molecule has 82 valence electrons. The van der Waals surface area contributed by atoms with E-state index in [9.17, 15) is 0 Å². The lowest BCUT2D eigenvalue weighted by Gasteiger charge is -2.01. The molecule has 5 nitrogen and oxygen atoms in total. The zero-order chi connectivity index (χ0) is 11.0. The SMILES string of the molecule is Clc1cccc(Sc2nnnn2C2CC2)n1. The molecule has 0 bridgehead atoms. The van der Waals surface area contributed by atoms with Gasteiger partial charge in [0.2, 0.25) is 5.16 Å². The fraction of sp³-hybridized carbons (Fsp3) is 0.333. The molecule has 7 heteroatoms. The van der Waals surface area contributed by atoms with Crippen molar-refractivity contribution in [3.8, 4) is 0 Å². The van der Waals surface area contributed by atoms with Crippen LogP contribution < -0.4 is 0 Å². The lowest BCUT2D eigenvalue weighted by atomic mass is 10.5. The van der Waals surface area contributed by atoms with Gasteiger partial charge in [0.1, 0.15) is 10.2 Å². The molecular weight excluding hydrogens is 246 g/mol. The molecule has 0 unspecified atom stereocenters. The second-order valence-electron chi connectivity index (χ2n) is 3.54. The smallest absolute Gasteiger partial charge is 0.215 e. The first-order valence-electron chi connectivity index (χ1n) is 4.91. The van der Waals surface area contributed by atoms with E-state index in [-0.39, 0.29) is 0 Å². The van der Waals surface area contributed by atoms with Crippen molar-refractivity contribution in [1.29, 1.82) is 0 Å². The molecule has 3 rings (SSSR count). The van der Waals surface area contributed by atoms with Crippen LogP contribution >= 0.6 is 23.4 Å². The topological polar surface area (TPSA) is 56.5 Å². The van der Waals surface area contributed by atoms with Crippen LogP contribution in [0.4, 0.5) is 0 Å². The number of halogens is 1. The van der Waals surface area contributed by atoms with Crippen molar-refractivity contribution in [2.45, 2.75) is 29.1 Å². The van der Waals surface area contributed by atoms with Crippen LogP contribution in [-0.2, 0) is 0 Å². The molecule has 0 aliphatic heterocycles. The predicted molar refractivity (Wildman–Crippen MR) is 59.5 cm³/mol. The van der Waals surface area contributed by atoms with E-state index in [1.807, 2.05) is 16.8 Å².